The molecule has 1 aromatic heterocycles. The molecule has 25 heavy (non-hydrogen) atoms. The van der Waals surface area contributed by atoms with Crippen LogP contribution in [0.15, 0.2) is 33.7 Å². The number of halogens is 1. The van der Waals surface area contributed by atoms with Gasteiger partial charge in [-0.3, -0.25) is 9.79 Å². The predicted molar refractivity (Wildman–Crippen MR) is 97.4 cm³/mol. The van der Waals surface area contributed by atoms with Crippen molar-refractivity contribution in [1.29, 1.82) is 0 Å². The fourth-order valence-corrected chi connectivity index (χ4v) is 2.75. The van der Waals surface area contributed by atoms with Crippen LogP contribution in [-0.2, 0) is 10.3 Å². The molecule has 0 saturated heterocycles. The van der Waals surface area contributed by atoms with Crippen molar-refractivity contribution in [2.45, 2.75) is 26.3 Å². The van der Waals surface area contributed by atoms with Crippen molar-refractivity contribution in [2.75, 3.05) is 18.5 Å². The van der Waals surface area contributed by atoms with Gasteiger partial charge >= 0.3 is 0 Å². The minimum Gasteiger partial charge on any atom is -0.445 e. The molecule has 2 aromatic rings. The third-order valence-corrected chi connectivity index (χ3v) is 3.88. The number of amides is 1. The molecule has 134 valence electrons. The molecular weight excluding hydrogens is 344 g/mol. The van der Waals surface area contributed by atoms with Crippen LogP contribution in [0.1, 0.15) is 34.6 Å². The molecule has 1 atom stereocenters. The average molecular weight is 365 g/mol. The maximum Gasteiger partial charge on any atom is 0.277 e. The zero-order valence-corrected chi connectivity index (χ0v) is 15.1. The summed E-state index contributed by atoms with van der Waals surface area (Å²) in [5.74, 6) is 1.11. The Hall–Kier alpha value is -2.38. The van der Waals surface area contributed by atoms with Crippen molar-refractivity contribution in [2.24, 2.45) is 10.7 Å². The van der Waals surface area contributed by atoms with Crippen molar-refractivity contribution in [1.82, 2.24) is 4.98 Å². The van der Waals surface area contributed by atoms with E-state index in [-0.39, 0.29) is 24.0 Å². The first-order chi connectivity index (χ1) is 11.4. The zero-order valence-electron chi connectivity index (χ0n) is 14.3. The third kappa shape index (κ3) is 4.00. The number of aromatic nitrogens is 1. The zero-order chi connectivity index (χ0) is 17.3. The Bertz CT molecular complexity index is 818. The minimum absolute atomic E-state index is 0. The van der Waals surface area contributed by atoms with Crippen molar-refractivity contribution >= 4 is 29.8 Å². The maximum atomic E-state index is 12.4. The number of ether oxygens (including phenoxy) is 1. The van der Waals surface area contributed by atoms with E-state index in [0.29, 0.717) is 36.4 Å². The minimum atomic E-state index is -0.566. The normalized spacial score (nSPS) is 19.7. The molecule has 1 aliphatic rings. The molecule has 1 aromatic carbocycles. The van der Waals surface area contributed by atoms with Gasteiger partial charge in [0.15, 0.2) is 11.6 Å². The van der Waals surface area contributed by atoms with Crippen LogP contribution < -0.4 is 11.1 Å². The van der Waals surface area contributed by atoms with E-state index in [1.165, 1.54) is 0 Å². The molecule has 3 N–H and O–H groups in total. The Morgan fingerprint density at radius 1 is 1.36 bits per heavy atom. The van der Waals surface area contributed by atoms with Crippen molar-refractivity contribution in [3.05, 3.63) is 47.2 Å². The highest BCUT2D eigenvalue weighted by molar-refractivity contribution is 6.03. The van der Waals surface area contributed by atoms with Crippen molar-refractivity contribution in [3.8, 4) is 0 Å². The summed E-state index contributed by atoms with van der Waals surface area (Å²) in [5, 5.41) is 2.84. The SMILES string of the molecule is Cc1nc(C(=O)Nc2cccc(C3(C)COCC(N)=N3)c2)c(C)o1.Cl. The summed E-state index contributed by atoms with van der Waals surface area (Å²) in [6, 6.07) is 7.47. The number of oxazole rings is 1. The van der Waals surface area contributed by atoms with Gasteiger partial charge in [-0.05, 0) is 31.5 Å². The van der Waals surface area contributed by atoms with E-state index in [1.807, 2.05) is 31.2 Å². The van der Waals surface area contributed by atoms with Gasteiger partial charge in [-0.25, -0.2) is 4.98 Å². The molecule has 0 fully saturated rings. The van der Waals surface area contributed by atoms with Crippen molar-refractivity contribution in [3.63, 3.8) is 0 Å². The van der Waals surface area contributed by atoms with Gasteiger partial charge < -0.3 is 20.2 Å². The molecule has 0 saturated carbocycles. The second-order valence-electron chi connectivity index (χ2n) is 6.04. The van der Waals surface area contributed by atoms with E-state index < -0.39 is 5.54 Å². The lowest BCUT2D eigenvalue weighted by Gasteiger charge is -2.30. The molecule has 0 spiro atoms. The van der Waals surface area contributed by atoms with Crippen LogP contribution in [0, 0.1) is 13.8 Å². The highest BCUT2D eigenvalue weighted by Crippen LogP contribution is 2.30. The number of nitrogens with one attached hydrogen (secondary N) is 1. The molecule has 0 radical (unpaired) electrons. The van der Waals surface area contributed by atoms with Crippen LogP contribution >= 0.6 is 12.4 Å². The molecular formula is C17H21ClN4O3. The van der Waals surface area contributed by atoms with Gasteiger partial charge in [0.2, 0.25) is 0 Å². The molecule has 2 heterocycles. The lowest BCUT2D eigenvalue weighted by atomic mass is 9.92. The number of aryl methyl sites for hydroxylation is 2. The molecule has 8 heteroatoms. The van der Waals surface area contributed by atoms with Crippen LogP contribution in [0.5, 0.6) is 0 Å². The topological polar surface area (TPSA) is 103 Å². The number of hydrogen-bond acceptors (Lipinski definition) is 6. The van der Waals surface area contributed by atoms with Gasteiger partial charge in [0, 0.05) is 12.6 Å². The van der Waals surface area contributed by atoms with Gasteiger partial charge in [0.1, 0.15) is 23.7 Å². The van der Waals surface area contributed by atoms with Gasteiger partial charge in [0.25, 0.3) is 5.91 Å². The van der Waals surface area contributed by atoms with Crippen LogP contribution in [0.2, 0.25) is 0 Å². The third-order valence-electron chi connectivity index (χ3n) is 3.88. The Labute approximate surface area is 152 Å². The lowest BCUT2D eigenvalue weighted by Crippen LogP contribution is -2.37. The average Bonchev–Trinajstić information content (AvgIpc) is 2.86. The Morgan fingerprint density at radius 2 is 2.12 bits per heavy atom. The monoisotopic (exact) mass is 364 g/mol. The number of benzene rings is 1. The number of amidine groups is 1. The number of nitrogens with zero attached hydrogens (tertiary/aromatic N) is 2. The second kappa shape index (κ2) is 7.25. The Morgan fingerprint density at radius 3 is 2.76 bits per heavy atom. The summed E-state index contributed by atoms with van der Waals surface area (Å²) in [4.78, 5) is 21.0. The smallest absolute Gasteiger partial charge is 0.277 e. The molecule has 0 bridgehead atoms. The summed E-state index contributed by atoms with van der Waals surface area (Å²) < 4.78 is 10.8. The van der Waals surface area contributed by atoms with Crippen LogP contribution in [0.3, 0.4) is 0 Å². The van der Waals surface area contributed by atoms with E-state index in [4.69, 9.17) is 14.9 Å². The first kappa shape index (κ1) is 19.0. The highest BCUT2D eigenvalue weighted by atomic mass is 35.5. The summed E-state index contributed by atoms with van der Waals surface area (Å²) in [6.45, 7) is 6.15. The second-order valence-corrected chi connectivity index (χ2v) is 6.04. The first-order valence-electron chi connectivity index (χ1n) is 7.65. The first-order valence-corrected chi connectivity index (χ1v) is 7.65. The van der Waals surface area contributed by atoms with E-state index in [9.17, 15) is 4.79 Å². The lowest BCUT2D eigenvalue weighted by molar-refractivity contribution is 0.102. The standard InChI is InChI=1S/C17H20N4O3.ClH/c1-10-15(19-11(2)24-10)16(22)20-13-6-4-5-12(7-13)17(3)9-23-8-14(18)21-17;/h4-7H,8-9H2,1-3H3,(H2,18,21)(H,20,22);1H. The number of carbonyl (C=O) groups is 1. The number of nitrogens with two attached hydrogens (primary N) is 1. The molecule has 1 aliphatic heterocycles. The summed E-state index contributed by atoms with van der Waals surface area (Å²) in [5.41, 5.74) is 7.08. The summed E-state index contributed by atoms with van der Waals surface area (Å²) >= 11 is 0. The number of hydrogen-bond donors (Lipinski definition) is 2. The summed E-state index contributed by atoms with van der Waals surface area (Å²) in [7, 11) is 0. The van der Waals surface area contributed by atoms with Gasteiger partial charge in [0.05, 0.1) is 6.61 Å². The Balaban J connectivity index is 0.00000225. The fourth-order valence-electron chi connectivity index (χ4n) is 2.75. The van der Waals surface area contributed by atoms with Gasteiger partial charge in [-0.2, -0.15) is 0 Å². The molecule has 1 unspecified atom stereocenters. The van der Waals surface area contributed by atoms with Crippen molar-refractivity contribution < 1.29 is 13.9 Å². The number of carbonyl (C=O) groups excluding carboxylic acids is 1. The number of anilines is 1. The van der Waals surface area contributed by atoms with Gasteiger partial charge in [-0.15, -0.1) is 12.4 Å². The van der Waals surface area contributed by atoms with Gasteiger partial charge in [-0.1, -0.05) is 12.1 Å². The number of aliphatic imine (C=N–C) groups is 1. The van der Waals surface area contributed by atoms with Crippen LogP contribution in [0.25, 0.3) is 0 Å². The highest BCUT2D eigenvalue weighted by Gasteiger charge is 2.30. The van der Waals surface area contributed by atoms with E-state index in [1.54, 1.807) is 13.8 Å². The molecule has 3 rings (SSSR count). The Kier molecular flexibility index (Phi) is 5.49. The quantitative estimate of drug-likeness (QED) is 0.871. The van der Waals surface area contributed by atoms with Crippen LogP contribution in [0.4, 0.5) is 5.69 Å². The summed E-state index contributed by atoms with van der Waals surface area (Å²) in [6.07, 6.45) is 0. The molecule has 1 amide bonds. The van der Waals surface area contributed by atoms with E-state index >= 15 is 0 Å². The fraction of sp³-hybridized carbons (Fsp3) is 0.353. The van der Waals surface area contributed by atoms with E-state index in [2.05, 4.69) is 15.3 Å². The maximum absolute atomic E-state index is 12.4. The molecule has 0 aliphatic carbocycles. The number of rotatable bonds is 3. The largest absolute Gasteiger partial charge is 0.445 e. The predicted octanol–water partition coefficient (Wildman–Crippen LogP) is 2.57. The molecule has 7 nitrogen and oxygen atoms in total. The van der Waals surface area contributed by atoms with Crippen LogP contribution in [-0.4, -0.2) is 29.9 Å². The van der Waals surface area contributed by atoms with E-state index in [0.717, 1.165) is 5.56 Å².